The molecule has 198 valence electrons. The number of aryl methyl sites for hydroxylation is 1. The van der Waals surface area contributed by atoms with Crippen LogP contribution in [-0.2, 0) is 18.8 Å². The Bertz CT molecular complexity index is 1040. The van der Waals surface area contributed by atoms with Gasteiger partial charge in [-0.2, -0.15) is 26.3 Å². The van der Waals surface area contributed by atoms with Crippen molar-refractivity contribution in [2.24, 2.45) is 5.92 Å². The molecule has 0 bridgehead atoms. The van der Waals surface area contributed by atoms with Crippen molar-refractivity contribution in [2.45, 2.75) is 51.0 Å². The maximum Gasteiger partial charge on any atom is 0.416 e. The topological polar surface area (TPSA) is 52.6 Å². The Kier molecular flexibility index (Phi) is 8.53. The molecule has 2 aromatic rings. The number of hydrogen-bond acceptors (Lipinski definition) is 2. The molecule has 0 unspecified atom stereocenters. The molecule has 0 aromatic heterocycles. The number of urea groups is 1. The summed E-state index contributed by atoms with van der Waals surface area (Å²) in [7, 11) is 0. The van der Waals surface area contributed by atoms with E-state index >= 15 is 0 Å². The zero-order valence-corrected chi connectivity index (χ0v) is 19.5. The Balaban J connectivity index is 1.75. The average Bonchev–Trinajstić information content (AvgIpc) is 2.78. The third-order valence-electron chi connectivity index (χ3n) is 6.44. The number of nitrogens with one attached hydrogen (secondary N) is 1. The summed E-state index contributed by atoms with van der Waals surface area (Å²) in [5, 5.41) is 11.9. The first-order valence-electron chi connectivity index (χ1n) is 11.5. The predicted molar refractivity (Wildman–Crippen MR) is 119 cm³/mol. The van der Waals surface area contributed by atoms with Crippen molar-refractivity contribution >= 4 is 6.03 Å². The molecule has 1 heterocycles. The first-order valence-corrected chi connectivity index (χ1v) is 11.5. The average molecular weight is 520 g/mol. The second-order valence-electron chi connectivity index (χ2n) is 9.01. The van der Waals surface area contributed by atoms with Crippen molar-refractivity contribution in [3.05, 3.63) is 70.0 Å². The Morgan fingerprint density at radius 2 is 1.69 bits per heavy atom. The number of likely N-dealkylation sites (tertiary alicyclic amines) is 1. The van der Waals surface area contributed by atoms with Crippen LogP contribution in [-0.4, -0.2) is 35.7 Å². The zero-order valence-electron chi connectivity index (χ0n) is 19.5. The molecule has 2 aromatic carbocycles. The van der Waals surface area contributed by atoms with Crippen LogP contribution in [0, 0.1) is 18.7 Å². The van der Waals surface area contributed by atoms with Crippen molar-refractivity contribution in [2.75, 3.05) is 19.7 Å². The maximum atomic E-state index is 13.6. The molecular formula is C25H27F7N2O2. The van der Waals surface area contributed by atoms with Gasteiger partial charge in [-0.3, -0.25) is 0 Å². The van der Waals surface area contributed by atoms with E-state index < -0.39 is 41.4 Å². The summed E-state index contributed by atoms with van der Waals surface area (Å²) >= 11 is 0. The van der Waals surface area contributed by atoms with Crippen LogP contribution in [0.4, 0.5) is 35.5 Å². The van der Waals surface area contributed by atoms with Gasteiger partial charge in [0.2, 0.25) is 0 Å². The Labute approximate surface area is 204 Å². The summed E-state index contributed by atoms with van der Waals surface area (Å²) in [4.78, 5) is 14.5. The summed E-state index contributed by atoms with van der Waals surface area (Å²) in [6.07, 6.45) is -8.43. The molecule has 3 rings (SSSR count). The highest BCUT2D eigenvalue weighted by Crippen LogP contribution is 2.38. The largest absolute Gasteiger partial charge is 0.416 e. The van der Waals surface area contributed by atoms with E-state index in [4.69, 9.17) is 0 Å². The van der Waals surface area contributed by atoms with Crippen LogP contribution in [0.3, 0.4) is 0 Å². The standard InChI is InChI=1S/C25H27F7N2O2/c1-15-10-20(26)2-3-21(15)22-13-16(6-9-35)5-8-34(22)23(36)33-7-4-17-11-18(24(27,28)29)14-19(12-17)25(30,31)32/h2-3,10-12,14,16,22,35H,4-9,13H2,1H3,(H,33,36)/t16-,22-/m1/s1. The van der Waals surface area contributed by atoms with Crippen LogP contribution in [0.5, 0.6) is 0 Å². The number of piperidine rings is 1. The molecular weight excluding hydrogens is 493 g/mol. The van der Waals surface area contributed by atoms with Gasteiger partial charge >= 0.3 is 18.4 Å². The molecule has 4 nitrogen and oxygen atoms in total. The van der Waals surface area contributed by atoms with E-state index in [1.807, 2.05) is 0 Å². The molecule has 0 aliphatic carbocycles. The number of nitrogens with zero attached hydrogens (tertiary/aromatic N) is 1. The van der Waals surface area contributed by atoms with Gasteiger partial charge in [0, 0.05) is 19.7 Å². The van der Waals surface area contributed by atoms with Crippen molar-refractivity contribution in [3.8, 4) is 0 Å². The first kappa shape index (κ1) is 27.8. The second-order valence-corrected chi connectivity index (χ2v) is 9.01. The van der Waals surface area contributed by atoms with Crippen LogP contribution in [0.2, 0.25) is 0 Å². The molecule has 11 heteroatoms. The van der Waals surface area contributed by atoms with Crippen LogP contribution < -0.4 is 5.32 Å². The Morgan fingerprint density at radius 3 is 2.25 bits per heavy atom. The number of rotatable bonds is 6. The smallest absolute Gasteiger partial charge is 0.396 e. The van der Waals surface area contributed by atoms with Crippen molar-refractivity contribution in [3.63, 3.8) is 0 Å². The van der Waals surface area contributed by atoms with Gasteiger partial charge in [0.25, 0.3) is 0 Å². The van der Waals surface area contributed by atoms with E-state index in [9.17, 15) is 40.6 Å². The summed E-state index contributed by atoms with van der Waals surface area (Å²) in [6.45, 7) is 1.86. The summed E-state index contributed by atoms with van der Waals surface area (Å²) in [5.74, 6) is -0.284. The first-order chi connectivity index (χ1) is 16.8. The highest BCUT2D eigenvalue weighted by Gasteiger charge is 2.37. The van der Waals surface area contributed by atoms with E-state index in [1.165, 1.54) is 12.1 Å². The number of alkyl halides is 6. The SMILES string of the molecule is Cc1cc(F)ccc1[C@H]1C[C@@H](CCO)CCN1C(=O)NCCc1cc(C(F)(F)F)cc(C(F)(F)F)c1. The minimum absolute atomic E-state index is 0.0110. The lowest BCUT2D eigenvalue weighted by Gasteiger charge is -2.40. The van der Waals surface area contributed by atoms with Crippen molar-refractivity contribution in [1.29, 1.82) is 0 Å². The van der Waals surface area contributed by atoms with Gasteiger partial charge in [-0.25, -0.2) is 9.18 Å². The minimum Gasteiger partial charge on any atom is -0.396 e. The fraction of sp³-hybridized carbons (Fsp3) is 0.480. The minimum atomic E-state index is -4.95. The number of aliphatic hydroxyl groups is 1. The zero-order chi connectivity index (χ0) is 26.7. The number of amides is 2. The van der Waals surface area contributed by atoms with Crippen LogP contribution in [0.1, 0.15) is 53.1 Å². The monoisotopic (exact) mass is 520 g/mol. The number of halogens is 7. The van der Waals surface area contributed by atoms with Crippen LogP contribution in [0.15, 0.2) is 36.4 Å². The van der Waals surface area contributed by atoms with Gasteiger partial charge in [-0.1, -0.05) is 6.07 Å². The Morgan fingerprint density at radius 1 is 1.06 bits per heavy atom. The summed E-state index contributed by atoms with van der Waals surface area (Å²) in [6, 6.07) is 4.66. The van der Waals surface area contributed by atoms with Gasteiger partial charge < -0.3 is 15.3 Å². The highest BCUT2D eigenvalue weighted by molar-refractivity contribution is 5.75. The number of aliphatic hydroxyl groups excluding tert-OH is 1. The van der Waals surface area contributed by atoms with Gasteiger partial charge in [0.15, 0.2) is 0 Å². The van der Waals surface area contributed by atoms with E-state index in [-0.39, 0.29) is 37.1 Å². The summed E-state index contributed by atoms with van der Waals surface area (Å²) < 4.78 is 92.2. The molecule has 0 radical (unpaired) electrons. The molecule has 1 saturated heterocycles. The Hall–Kier alpha value is -2.82. The van der Waals surface area contributed by atoms with E-state index in [2.05, 4.69) is 5.32 Å². The molecule has 2 N–H and O–H groups in total. The fourth-order valence-electron chi connectivity index (χ4n) is 4.61. The third kappa shape index (κ3) is 6.89. The molecule has 0 saturated carbocycles. The molecule has 2 amide bonds. The van der Waals surface area contributed by atoms with Crippen LogP contribution >= 0.6 is 0 Å². The molecule has 1 aliphatic rings. The normalized spacial score (nSPS) is 18.9. The molecule has 1 fully saturated rings. The number of carbonyl (C=O) groups is 1. The molecule has 36 heavy (non-hydrogen) atoms. The maximum absolute atomic E-state index is 13.6. The van der Waals surface area contributed by atoms with Crippen molar-refractivity contribution < 1.29 is 40.6 Å². The lowest BCUT2D eigenvalue weighted by molar-refractivity contribution is -0.143. The number of hydrogen-bond donors (Lipinski definition) is 2. The molecule has 2 atom stereocenters. The van der Waals surface area contributed by atoms with Gasteiger partial charge in [0.05, 0.1) is 17.2 Å². The quantitative estimate of drug-likeness (QED) is 0.442. The predicted octanol–water partition coefficient (Wildman–Crippen LogP) is 6.26. The van der Waals surface area contributed by atoms with Gasteiger partial charge in [-0.05, 0) is 85.5 Å². The van der Waals surface area contributed by atoms with Gasteiger partial charge in [0.1, 0.15) is 5.82 Å². The van der Waals surface area contributed by atoms with Crippen molar-refractivity contribution in [1.82, 2.24) is 10.2 Å². The van der Waals surface area contributed by atoms with E-state index in [0.717, 1.165) is 5.56 Å². The lowest BCUT2D eigenvalue weighted by Crippen LogP contribution is -2.47. The number of carbonyl (C=O) groups excluding carboxylic acids is 1. The third-order valence-corrected chi connectivity index (χ3v) is 6.44. The van der Waals surface area contributed by atoms with E-state index in [0.29, 0.717) is 43.5 Å². The molecule has 0 spiro atoms. The number of benzene rings is 2. The lowest BCUT2D eigenvalue weighted by atomic mass is 9.84. The second kappa shape index (κ2) is 11.1. The highest BCUT2D eigenvalue weighted by atomic mass is 19.4. The van der Waals surface area contributed by atoms with Crippen LogP contribution in [0.25, 0.3) is 0 Å². The van der Waals surface area contributed by atoms with Gasteiger partial charge in [-0.15, -0.1) is 0 Å². The van der Waals surface area contributed by atoms with E-state index in [1.54, 1.807) is 17.9 Å². The summed E-state index contributed by atoms with van der Waals surface area (Å²) in [5.41, 5.74) is -1.63. The molecule has 1 aliphatic heterocycles. The fourth-order valence-corrected chi connectivity index (χ4v) is 4.61.